The van der Waals surface area contributed by atoms with Crippen molar-refractivity contribution in [3.8, 4) is 0 Å². The molecule has 1 aromatic heterocycles. The molecule has 0 saturated heterocycles. The largest absolute Gasteiger partial charge is 0.467 e. The summed E-state index contributed by atoms with van der Waals surface area (Å²) in [6, 6.07) is 15.4. The fourth-order valence-electron chi connectivity index (χ4n) is 3.10. The summed E-state index contributed by atoms with van der Waals surface area (Å²) in [4.78, 5) is 37.9. The smallest absolute Gasteiger partial charge is 0.328 e. The first kappa shape index (κ1) is 20.3. The second kappa shape index (κ2) is 8.68. The number of nitrogens with zero attached hydrogens (tertiary/aromatic N) is 2. The normalized spacial score (nSPS) is 12.0. The van der Waals surface area contributed by atoms with Crippen molar-refractivity contribution in [1.82, 2.24) is 15.1 Å². The molecule has 150 valence electrons. The third kappa shape index (κ3) is 4.34. The van der Waals surface area contributed by atoms with Crippen molar-refractivity contribution in [2.24, 2.45) is 5.92 Å². The van der Waals surface area contributed by atoms with Crippen molar-refractivity contribution in [3.63, 3.8) is 0 Å². The lowest BCUT2D eigenvalue weighted by molar-refractivity contribution is -0.144. The second-order valence-electron chi connectivity index (χ2n) is 7.06. The Hall–Kier alpha value is -3.48. The van der Waals surface area contributed by atoms with Crippen LogP contribution in [0.2, 0.25) is 0 Å². The molecule has 1 N–H and O–H groups in total. The minimum absolute atomic E-state index is 0.0886. The van der Waals surface area contributed by atoms with Gasteiger partial charge in [0.05, 0.1) is 19.0 Å². The van der Waals surface area contributed by atoms with Gasteiger partial charge in [0.1, 0.15) is 6.04 Å². The van der Waals surface area contributed by atoms with Crippen molar-refractivity contribution < 1.29 is 14.3 Å². The van der Waals surface area contributed by atoms with E-state index in [1.165, 1.54) is 11.8 Å². The Morgan fingerprint density at radius 3 is 2.28 bits per heavy atom. The average molecular weight is 393 g/mol. The second-order valence-corrected chi connectivity index (χ2v) is 7.06. The first-order valence-electron chi connectivity index (χ1n) is 9.35. The molecule has 1 amide bonds. The monoisotopic (exact) mass is 393 g/mol. The fourth-order valence-corrected chi connectivity index (χ4v) is 3.10. The van der Waals surface area contributed by atoms with Crippen LogP contribution in [0.5, 0.6) is 0 Å². The van der Waals surface area contributed by atoms with E-state index in [2.05, 4.69) is 10.4 Å². The number of esters is 1. The fraction of sp³-hybridized carbons (Fsp3) is 0.273. The van der Waals surface area contributed by atoms with Gasteiger partial charge < -0.3 is 10.1 Å². The van der Waals surface area contributed by atoms with Crippen molar-refractivity contribution in [3.05, 3.63) is 76.2 Å². The van der Waals surface area contributed by atoms with Gasteiger partial charge >= 0.3 is 5.97 Å². The average Bonchev–Trinajstić information content (AvgIpc) is 2.74. The zero-order valence-electron chi connectivity index (χ0n) is 16.6. The van der Waals surface area contributed by atoms with Crippen LogP contribution in [-0.4, -0.2) is 34.8 Å². The van der Waals surface area contributed by atoms with Crippen molar-refractivity contribution in [2.75, 3.05) is 7.11 Å². The summed E-state index contributed by atoms with van der Waals surface area (Å²) in [7, 11) is 1.28. The molecule has 0 aliphatic carbocycles. The SMILES string of the molecule is COC(=O)C(NC(=O)c1nn(Cc2ccccc2)c(=O)c2ccccc12)C(C)C. The minimum atomic E-state index is -0.817. The number of ether oxygens (including phenoxy) is 1. The molecule has 3 rings (SSSR count). The summed E-state index contributed by atoms with van der Waals surface area (Å²) in [5.74, 6) is -1.24. The number of fused-ring (bicyclic) bond motifs is 1. The van der Waals surface area contributed by atoms with Crippen LogP contribution < -0.4 is 10.9 Å². The number of nitrogens with one attached hydrogen (secondary N) is 1. The Balaban J connectivity index is 2.06. The molecule has 1 heterocycles. The van der Waals surface area contributed by atoms with Crippen LogP contribution in [0.25, 0.3) is 10.8 Å². The third-order valence-corrected chi connectivity index (χ3v) is 4.67. The first-order valence-corrected chi connectivity index (χ1v) is 9.35. The van der Waals surface area contributed by atoms with Gasteiger partial charge in [-0.1, -0.05) is 62.4 Å². The Morgan fingerprint density at radius 2 is 1.66 bits per heavy atom. The Morgan fingerprint density at radius 1 is 1.03 bits per heavy atom. The lowest BCUT2D eigenvalue weighted by Crippen LogP contribution is -2.45. The molecule has 0 radical (unpaired) electrons. The van der Waals surface area contributed by atoms with Gasteiger partial charge in [-0.2, -0.15) is 5.10 Å². The highest BCUT2D eigenvalue weighted by Gasteiger charge is 2.27. The zero-order valence-corrected chi connectivity index (χ0v) is 16.6. The number of rotatable bonds is 6. The van der Waals surface area contributed by atoms with Crippen LogP contribution in [0.4, 0.5) is 0 Å². The van der Waals surface area contributed by atoms with E-state index in [0.717, 1.165) is 5.56 Å². The molecule has 0 aliphatic heterocycles. The Labute approximate surface area is 168 Å². The van der Waals surface area contributed by atoms with Crippen LogP contribution in [0, 0.1) is 5.92 Å². The zero-order chi connectivity index (χ0) is 21.0. The van der Waals surface area contributed by atoms with Crippen LogP contribution in [-0.2, 0) is 16.1 Å². The number of methoxy groups -OCH3 is 1. The molecule has 0 fully saturated rings. The maximum Gasteiger partial charge on any atom is 0.328 e. The Kier molecular flexibility index (Phi) is 6.07. The van der Waals surface area contributed by atoms with Gasteiger partial charge in [-0.25, -0.2) is 9.48 Å². The third-order valence-electron chi connectivity index (χ3n) is 4.67. The van der Waals surface area contributed by atoms with Crippen LogP contribution in [0.1, 0.15) is 29.9 Å². The molecule has 3 aromatic rings. The highest BCUT2D eigenvalue weighted by molar-refractivity contribution is 6.05. The summed E-state index contributed by atoms with van der Waals surface area (Å²) < 4.78 is 6.06. The van der Waals surface area contributed by atoms with Gasteiger partial charge in [0.25, 0.3) is 11.5 Å². The summed E-state index contributed by atoms with van der Waals surface area (Å²) in [5.41, 5.74) is 0.693. The molecule has 0 aliphatic rings. The van der Waals surface area contributed by atoms with Crippen molar-refractivity contribution in [1.29, 1.82) is 0 Å². The summed E-state index contributed by atoms with van der Waals surface area (Å²) >= 11 is 0. The van der Waals surface area contributed by atoms with E-state index < -0.39 is 17.9 Å². The van der Waals surface area contributed by atoms with Crippen molar-refractivity contribution >= 4 is 22.6 Å². The molecule has 0 bridgehead atoms. The standard InChI is InChI=1S/C22H23N3O4/c1-14(2)18(22(28)29-3)23-20(26)19-16-11-7-8-12-17(16)21(27)25(24-19)13-15-9-5-4-6-10-15/h4-12,14,18H,13H2,1-3H3,(H,23,26). The van der Waals surface area contributed by atoms with Gasteiger partial charge in [-0.15, -0.1) is 0 Å². The van der Waals surface area contributed by atoms with Gasteiger partial charge in [0, 0.05) is 5.39 Å². The summed E-state index contributed by atoms with van der Waals surface area (Å²) in [5, 5.41) is 7.86. The van der Waals surface area contributed by atoms with E-state index in [9.17, 15) is 14.4 Å². The van der Waals surface area contributed by atoms with E-state index in [4.69, 9.17) is 4.74 Å². The maximum absolute atomic E-state index is 13.0. The van der Waals surface area contributed by atoms with Crippen LogP contribution in [0.3, 0.4) is 0 Å². The highest BCUT2D eigenvalue weighted by Crippen LogP contribution is 2.15. The van der Waals surface area contributed by atoms with E-state index in [0.29, 0.717) is 10.8 Å². The number of carbonyl (C=O) groups is 2. The Bertz CT molecular complexity index is 1090. The van der Waals surface area contributed by atoms with E-state index in [1.54, 1.807) is 24.3 Å². The number of amides is 1. The lowest BCUT2D eigenvalue weighted by atomic mass is 10.0. The van der Waals surface area contributed by atoms with Gasteiger partial charge in [0.2, 0.25) is 0 Å². The quantitative estimate of drug-likeness (QED) is 0.650. The summed E-state index contributed by atoms with van der Waals surface area (Å²) in [6.45, 7) is 3.85. The molecule has 0 spiro atoms. The molecule has 0 saturated carbocycles. The van der Waals surface area contributed by atoms with Gasteiger partial charge in [0.15, 0.2) is 5.69 Å². The van der Waals surface area contributed by atoms with Crippen LogP contribution >= 0.6 is 0 Å². The van der Waals surface area contributed by atoms with E-state index in [1.807, 2.05) is 44.2 Å². The molecule has 7 heteroatoms. The molecule has 1 unspecified atom stereocenters. The predicted octanol–water partition coefficient (Wildman–Crippen LogP) is 2.37. The predicted molar refractivity (Wildman–Crippen MR) is 110 cm³/mol. The molecular formula is C22H23N3O4. The first-order chi connectivity index (χ1) is 13.9. The number of benzene rings is 2. The van der Waals surface area contributed by atoms with Gasteiger partial charge in [-0.05, 0) is 17.5 Å². The molecule has 29 heavy (non-hydrogen) atoms. The number of aromatic nitrogens is 2. The van der Waals surface area contributed by atoms with Crippen LogP contribution in [0.15, 0.2) is 59.4 Å². The highest BCUT2D eigenvalue weighted by atomic mass is 16.5. The van der Waals surface area contributed by atoms with E-state index >= 15 is 0 Å². The van der Waals surface area contributed by atoms with E-state index in [-0.39, 0.29) is 23.7 Å². The lowest BCUT2D eigenvalue weighted by Gasteiger charge is -2.20. The maximum atomic E-state index is 13.0. The molecule has 2 aromatic carbocycles. The molecule has 7 nitrogen and oxygen atoms in total. The number of carbonyl (C=O) groups excluding carboxylic acids is 2. The summed E-state index contributed by atoms with van der Waals surface area (Å²) in [6.07, 6.45) is 0. The number of hydrogen-bond acceptors (Lipinski definition) is 5. The van der Waals surface area contributed by atoms with Crippen molar-refractivity contribution in [2.45, 2.75) is 26.4 Å². The number of hydrogen-bond donors (Lipinski definition) is 1. The van der Waals surface area contributed by atoms with Gasteiger partial charge in [-0.3, -0.25) is 9.59 Å². The molecular weight excluding hydrogens is 370 g/mol. The minimum Gasteiger partial charge on any atom is -0.467 e. The topological polar surface area (TPSA) is 90.3 Å². The molecule has 1 atom stereocenters.